The summed E-state index contributed by atoms with van der Waals surface area (Å²) in [7, 11) is -2.12. The molecule has 0 bridgehead atoms. The molecule has 3 aromatic rings. The van der Waals surface area contributed by atoms with Crippen molar-refractivity contribution in [2.75, 3.05) is 11.8 Å². The first kappa shape index (κ1) is 17.2. The molecule has 25 heavy (non-hydrogen) atoms. The first-order valence-electron chi connectivity index (χ1n) is 7.60. The predicted molar refractivity (Wildman–Crippen MR) is 94.1 cm³/mol. The molecular formula is C18H17FN2O3S. The number of hydrogen-bond donors (Lipinski definition) is 2. The molecule has 5 nitrogen and oxygen atoms in total. The van der Waals surface area contributed by atoms with Gasteiger partial charge in [-0.3, -0.25) is 4.72 Å². The quantitative estimate of drug-likeness (QED) is 0.704. The van der Waals surface area contributed by atoms with Gasteiger partial charge in [-0.15, -0.1) is 0 Å². The summed E-state index contributed by atoms with van der Waals surface area (Å²) < 4.78 is 47.4. The standard InChI is InChI=1S/C18H17FN2O3S/c1-20-12-13-10-17(15(11-16(13)19)18-8-5-9-24-18)21-25(22,23)14-6-3-2-4-7-14/h2-11,20-21H,12H2,1H3. The SMILES string of the molecule is CNCc1cc(NS(=O)(=O)c2ccccc2)c(-c2ccco2)cc1F. The van der Waals surface area contributed by atoms with Gasteiger partial charge in [0.05, 0.1) is 16.8 Å². The fraction of sp³-hybridized carbons (Fsp3) is 0.111. The molecule has 0 spiro atoms. The van der Waals surface area contributed by atoms with Gasteiger partial charge >= 0.3 is 0 Å². The van der Waals surface area contributed by atoms with Crippen LogP contribution in [0.3, 0.4) is 0 Å². The highest BCUT2D eigenvalue weighted by atomic mass is 32.2. The van der Waals surface area contributed by atoms with Crippen molar-refractivity contribution in [3.63, 3.8) is 0 Å². The van der Waals surface area contributed by atoms with Crippen LogP contribution in [0.1, 0.15) is 5.56 Å². The third kappa shape index (κ3) is 3.72. The Morgan fingerprint density at radius 2 is 1.84 bits per heavy atom. The van der Waals surface area contributed by atoms with Crippen LogP contribution >= 0.6 is 0 Å². The van der Waals surface area contributed by atoms with Crippen LogP contribution in [0.5, 0.6) is 0 Å². The lowest BCUT2D eigenvalue weighted by molar-refractivity contribution is 0.577. The van der Waals surface area contributed by atoms with E-state index in [9.17, 15) is 12.8 Å². The Bertz CT molecular complexity index is 955. The lowest BCUT2D eigenvalue weighted by Crippen LogP contribution is -2.15. The molecule has 0 aliphatic heterocycles. The fourth-order valence-electron chi connectivity index (χ4n) is 2.47. The highest BCUT2D eigenvalue weighted by Gasteiger charge is 2.19. The molecule has 3 rings (SSSR count). The van der Waals surface area contributed by atoms with Crippen molar-refractivity contribution in [2.45, 2.75) is 11.4 Å². The van der Waals surface area contributed by atoms with E-state index in [1.54, 1.807) is 37.4 Å². The molecule has 0 unspecified atom stereocenters. The van der Waals surface area contributed by atoms with Gasteiger partial charge in [-0.2, -0.15) is 0 Å². The van der Waals surface area contributed by atoms with Crippen LogP contribution in [0.2, 0.25) is 0 Å². The van der Waals surface area contributed by atoms with Crippen molar-refractivity contribution in [3.8, 4) is 11.3 Å². The van der Waals surface area contributed by atoms with Crippen molar-refractivity contribution in [1.29, 1.82) is 0 Å². The van der Waals surface area contributed by atoms with Crippen molar-refractivity contribution in [1.82, 2.24) is 5.32 Å². The Labute approximate surface area is 145 Å². The van der Waals surface area contributed by atoms with Crippen LogP contribution in [0.15, 0.2) is 70.2 Å². The maximum atomic E-state index is 14.3. The van der Waals surface area contributed by atoms with Gasteiger partial charge in [0.25, 0.3) is 10.0 Å². The summed E-state index contributed by atoms with van der Waals surface area (Å²) in [4.78, 5) is 0.125. The molecule has 0 aliphatic carbocycles. The van der Waals surface area contributed by atoms with Crippen molar-refractivity contribution >= 4 is 15.7 Å². The molecule has 0 atom stereocenters. The highest BCUT2D eigenvalue weighted by molar-refractivity contribution is 7.92. The van der Waals surface area contributed by atoms with Gasteiger partial charge in [-0.1, -0.05) is 18.2 Å². The maximum Gasteiger partial charge on any atom is 0.261 e. The number of nitrogens with one attached hydrogen (secondary N) is 2. The molecule has 130 valence electrons. The number of benzene rings is 2. The van der Waals surface area contributed by atoms with Gasteiger partial charge in [-0.25, -0.2) is 12.8 Å². The summed E-state index contributed by atoms with van der Waals surface area (Å²) in [5.74, 6) is -0.0657. The molecule has 1 heterocycles. The normalized spacial score (nSPS) is 11.4. The van der Waals surface area contributed by atoms with E-state index >= 15 is 0 Å². The summed E-state index contributed by atoms with van der Waals surface area (Å²) in [5, 5.41) is 2.86. The van der Waals surface area contributed by atoms with Gasteiger partial charge in [-0.05, 0) is 43.4 Å². The summed E-state index contributed by atoms with van der Waals surface area (Å²) >= 11 is 0. The molecule has 0 saturated carbocycles. The van der Waals surface area contributed by atoms with Crippen LogP contribution < -0.4 is 10.0 Å². The molecular weight excluding hydrogens is 343 g/mol. The van der Waals surface area contributed by atoms with Gasteiger partial charge in [0.2, 0.25) is 0 Å². The molecule has 0 aliphatic rings. The smallest absolute Gasteiger partial charge is 0.261 e. The van der Waals surface area contributed by atoms with Gasteiger partial charge in [0.1, 0.15) is 11.6 Å². The molecule has 0 saturated heterocycles. The minimum Gasteiger partial charge on any atom is -0.464 e. The summed E-state index contributed by atoms with van der Waals surface area (Å²) in [6.07, 6.45) is 1.45. The molecule has 2 aromatic carbocycles. The van der Waals surface area contributed by atoms with Crippen LogP contribution in [0.4, 0.5) is 10.1 Å². The van der Waals surface area contributed by atoms with Gasteiger partial charge < -0.3 is 9.73 Å². The van der Waals surface area contributed by atoms with Crippen LogP contribution in [0.25, 0.3) is 11.3 Å². The number of rotatable bonds is 6. The van der Waals surface area contributed by atoms with Crippen molar-refractivity contribution in [3.05, 3.63) is 72.2 Å². The average Bonchev–Trinajstić information content (AvgIpc) is 3.13. The first-order valence-corrected chi connectivity index (χ1v) is 9.08. The summed E-state index contributed by atoms with van der Waals surface area (Å²) in [6.45, 7) is 0.268. The lowest BCUT2D eigenvalue weighted by atomic mass is 10.1. The number of halogens is 1. The third-order valence-electron chi connectivity index (χ3n) is 3.64. The first-order chi connectivity index (χ1) is 12.0. The van der Waals surface area contributed by atoms with Gasteiger partial charge in [0, 0.05) is 17.7 Å². The van der Waals surface area contributed by atoms with E-state index < -0.39 is 15.8 Å². The second-order valence-corrected chi connectivity index (χ2v) is 7.10. The fourth-order valence-corrected chi connectivity index (χ4v) is 3.56. The number of furan rings is 1. The van der Waals surface area contributed by atoms with E-state index in [4.69, 9.17) is 4.42 Å². The van der Waals surface area contributed by atoms with E-state index in [0.717, 1.165) is 0 Å². The molecule has 7 heteroatoms. The Morgan fingerprint density at radius 1 is 1.08 bits per heavy atom. The molecule has 2 N–H and O–H groups in total. The Morgan fingerprint density at radius 3 is 2.48 bits per heavy atom. The van der Waals surface area contributed by atoms with E-state index in [0.29, 0.717) is 16.9 Å². The topological polar surface area (TPSA) is 71.3 Å². The van der Waals surface area contributed by atoms with E-state index in [1.807, 2.05) is 0 Å². The highest BCUT2D eigenvalue weighted by Crippen LogP contribution is 2.32. The lowest BCUT2D eigenvalue weighted by Gasteiger charge is -2.14. The number of anilines is 1. The zero-order chi connectivity index (χ0) is 17.9. The average molecular weight is 360 g/mol. The number of sulfonamides is 1. The third-order valence-corrected chi connectivity index (χ3v) is 5.02. The predicted octanol–water partition coefficient (Wildman–Crippen LogP) is 3.61. The minimum atomic E-state index is -3.81. The second kappa shape index (κ2) is 7.08. The largest absolute Gasteiger partial charge is 0.464 e. The maximum absolute atomic E-state index is 14.3. The zero-order valence-electron chi connectivity index (χ0n) is 13.5. The monoisotopic (exact) mass is 360 g/mol. The van der Waals surface area contributed by atoms with Gasteiger partial charge in [0.15, 0.2) is 0 Å². The van der Waals surface area contributed by atoms with Crippen molar-refractivity contribution < 1.29 is 17.2 Å². The molecule has 0 radical (unpaired) electrons. The van der Waals surface area contributed by atoms with E-state index in [-0.39, 0.29) is 17.1 Å². The molecule has 0 amide bonds. The van der Waals surface area contributed by atoms with E-state index in [2.05, 4.69) is 10.0 Å². The Balaban J connectivity index is 2.09. The summed E-state index contributed by atoms with van der Waals surface area (Å²) in [6, 6.07) is 14.0. The zero-order valence-corrected chi connectivity index (χ0v) is 14.3. The summed E-state index contributed by atoms with van der Waals surface area (Å²) in [5.41, 5.74) is 0.941. The van der Waals surface area contributed by atoms with Crippen LogP contribution in [-0.4, -0.2) is 15.5 Å². The Kier molecular flexibility index (Phi) is 4.87. The molecule has 1 aromatic heterocycles. The Hall–Kier alpha value is -2.64. The van der Waals surface area contributed by atoms with Crippen molar-refractivity contribution in [2.24, 2.45) is 0 Å². The van der Waals surface area contributed by atoms with Crippen LogP contribution in [-0.2, 0) is 16.6 Å². The minimum absolute atomic E-state index is 0.125. The van der Waals surface area contributed by atoms with E-state index in [1.165, 1.54) is 30.5 Å². The second-order valence-electron chi connectivity index (χ2n) is 5.42. The number of hydrogen-bond acceptors (Lipinski definition) is 4. The van der Waals surface area contributed by atoms with Crippen LogP contribution in [0, 0.1) is 5.82 Å². The molecule has 0 fully saturated rings.